The van der Waals surface area contributed by atoms with Crippen LogP contribution in [0, 0.1) is 0 Å². The molecule has 0 bridgehead atoms. The maximum Gasteiger partial charge on any atom is 1.00 e. The molecule has 0 saturated carbocycles. The molecule has 0 N–H and O–H groups in total. The first kappa shape index (κ1) is 15.6. The van der Waals surface area contributed by atoms with E-state index in [1.54, 1.807) is 0 Å². The quantitative estimate of drug-likeness (QED) is 0.349. The molecule has 3 radical (unpaired) electrons. The van der Waals surface area contributed by atoms with Crippen molar-refractivity contribution in [3.05, 3.63) is 5.32 Å². The molecule has 0 saturated heterocycles. The van der Waals surface area contributed by atoms with E-state index >= 15 is 0 Å². The van der Waals surface area contributed by atoms with Crippen LogP contribution in [0.15, 0.2) is 0 Å². The second-order valence-corrected chi connectivity index (χ2v) is 0.856. The van der Waals surface area contributed by atoms with Gasteiger partial charge in [0.05, 0.1) is 0 Å². The molecule has 0 aromatic carbocycles. The zero-order chi connectivity index (χ0) is 4.12. The molecule has 0 amide bonds. The third kappa shape index (κ3) is 20.6. The number of nitrogens with zero attached hydrogens (tertiary/aromatic N) is 1. The Bertz CT molecular complexity index is 19.2. The summed E-state index contributed by atoms with van der Waals surface area (Å²) < 4.78 is 0. The molecule has 0 aliphatic heterocycles. The van der Waals surface area contributed by atoms with Crippen LogP contribution in [0.1, 0.15) is 13.8 Å². The van der Waals surface area contributed by atoms with Crippen LogP contribution in [-0.2, 0) is 0 Å². The SMILES string of the molecule is CC[N-]CC.[B].[Li+]. The molecule has 0 aromatic rings. The molecule has 3 heteroatoms. The van der Waals surface area contributed by atoms with Gasteiger partial charge < -0.3 is 5.32 Å². The predicted octanol–water partition coefficient (Wildman–Crippen LogP) is -1.98. The van der Waals surface area contributed by atoms with Gasteiger partial charge in [0.15, 0.2) is 0 Å². The van der Waals surface area contributed by atoms with Crippen LogP contribution in [0.25, 0.3) is 5.32 Å². The van der Waals surface area contributed by atoms with Crippen LogP contribution in [0.3, 0.4) is 0 Å². The molecule has 0 aromatic heterocycles. The molecule has 7 heavy (non-hydrogen) atoms. The van der Waals surface area contributed by atoms with Crippen molar-refractivity contribution in [2.75, 3.05) is 13.1 Å². The first-order valence-corrected chi connectivity index (χ1v) is 2.05. The topological polar surface area (TPSA) is 14.1 Å². The molecule has 0 unspecified atom stereocenters. The Balaban J connectivity index is -0.0000000800. The average molecular weight is 89.9 g/mol. The minimum atomic E-state index is 0. The van der Waals surface area contributed by atoms with E-state index in [0.717, 1.165) is 13.1 Å². The second kappa shape index (κ2) is 16.0. The van der Waals surface area contributed by atoms with E-state index in [9.17, 15) is 0 Å². The predicted molar refractivity (Wildman–Crippen MR) is 30.2 cm³/mol. The van der Waals surface area contributed by atoms with Crippen molar-refractivity contribution < 1.29 is 18.9 Å². The van der Waals surface area contributed by atoms with Crippen molar-refractivity contribution in [3.63, 3.8) is 0 Å². The van der Waals surface area contributed by atoms with Crippen LogP contribution in [0.2, 0.25) is 0 Å². The Morgan fingerprint density at radius 2 is 1.43 bits per heavy atom. The summed E-state index contributed by atoms with van der Waals surface area (Å²) in [5.74, 6) is 0. The number of rotatable bonds is 2. The Morgan fingerprint density at radius 1 is 1.14 bits per heavy atom. The largest absolute Gasteiger partial charge is 1.00 e. The van der Waals surface area contributed by atoms with Gasteiger partial charge in [-0.25, -0.2) is 0 Å². The summed E-state index contributed by atoms with van der Waals surface area (Å²) in [6.45, 7) is 6.03. The fourth-order valence-corrected chi connectivity index (χ4v) is 0.224. The summed E-state index contributed by atoms with van der Waals surface area (Å²) >= 11 is 0. The van der Waals surface area contributed by atoms with E-state index in [1.165, 1.54) is 0 Å². The number of hydrogen-bond acceptors (Lipinski definition) is 0. The molecular weight excluding hydrogens is 79.8 g/mol. The standard InChI is InChI=1S/C4H10N.B.Li/c1-3-5-4-2;;/h3-4H2,1-2H3;;/q-1;;+1. The summed E-state index contributed by atoms with van der Waals surface area (Å²) in [4.78, 5) is 0. The minimum Gasteiger partial charge on any atom is -0.663 e. The molecule has 0 aliphatic rings. The summed E-state index contributed by atoms with van der Waals surface area (Å²) in [6.07, 6.45) is 0. The van der Waals surface area contributed by atoms with Crippen LogP contribution in [0.5, 0.6) is 0 Å². The maximum absolute atomic E-state index is 3.97. The second-order valence-electron chi connectivity index (χ2n) is 0.856. The minimum absolute atomic E-state index is 0. The van der Waals surface area contributed by atoms with E-state index in [-0.39, 0.29) is 27.3 Å². The van der Waals surface area contributed by atoms with Gasteiger partial charge in [-0.3, -0.25) is 0 Å². The van der Waals surface area contributed by atoms with Crippen molar-refractivity contribution in [2.45, 2.75) is 13.8 Å². The van der Waals surface area contributed by atoms with Gasteiger partial charge in [-0.15, -0.1) is 0 Å². The Hall–Kier alpha value is 0.622. The van der Waals surface area contributed by atoms with Crippen LogP contribution in [-0.4, -0.2) is 21.5 Å². The van der Waals surface area contributed by atoms with Gasteiger partial charge in [-0.2, -0.15) is 13.1 Å². The fourth-order valence-electron chi connectivity index (χ4n) is 0.224. The zero-order valence-corrected chi connectivity index (χ0v) is 5.44. The third-order valence-corrected chi connectivity index (χ3v) is 0.447. The van der Waals surface area contributed by atoms with Crippen LogP contribution in [0.4, 0.5) is 0 Å². The van der Waals surface area contributed by atoms with E-state index in [4.69, 9.17) is 0 Å². The molecule has 0 heterocycles. The van der Waals surface area contributed by atoms with Gasteiger partial charge in [0.1, 0.15) is 0 Å². The van der Waals surface area contributed by atoms with Crippen molar-refractivity contribution in [1.29, 1.82) is 0 Å². The molecule has 0 rings (SSSR count). The molecule has 35 valence electrons. The van der Waals surface area contributed by atoms with E-state index in [1.807, 2.05) is 13.8 Å². The van der Waals surface area contributed by atoms with Gasteiger partial charge >= 0.3 is 18.9 Å². The molecule has 1 nitrogen and oxygen atoms in total. The van der Waals surface area contributed by atoms with Crippen molar-refractivity contribution in [2.24, 2.45) is 0 Å². The maximum atomic E-state index is 3.97. The van der Waals surface area contributed by atoms with E-state index in [2.05, 4.69) is 5.32 Å². The fraction of sp³-hybridized carbons (Fsp3) is 1.00. The summed E-state index contributed by atoms with van der Waals surface area (Å²) in [7, 11) is 0. The Kier molecular flexibility index (Phi) is 35.7. The van der Waals surface area contributed by atoms with Gasteiger partial charge in [-0.1, -0.05) is 13.8 Å². The summed E-state index contributed by atoms with van der Waals surface area (Å²) in [5, 5.41) is 3.97. The first-order chi connectivity index (χ1) is 2.41. The van der Waals surface area contributed by atoms with Crippen LogP contribution >= 0.6 is 0 Å². The summed E-state index contributed by atoms with van der Waals surface area (Å²) in [5.41, 5.74) is 0. The van der Waals surface area contributed by atoms with E-state index < -0.39 is 0 Å². The number of hydrogen-bond donors (Lipinski definition) is 0. The van der Waals surface area contributed by atoms with Gasteiger partial charge in [-0.05, 0) is 0 Å². The van der Waals surface area contributed by atoms with Gasteiger partial charge in [0, 0.05) is 8.41 Å². The zero-order valence-electron chi connectivity index (χ0n) is 5.44. The van der Waals surface area contributed by atoms with Crippen molar-refractivity contribution >= 4 is 8.41 Å². The smallest absolute Gasteiger partial charge is 0.663 e. The average Bonchev–Trinajstić information content (AvgIpc) is 1.41. The Labute approximate surface area is 60.0 Å². The molecular formula is C4H10BLiN. The third-order valence-electron chi connectivity index (χ3n) is 0.447. The molecule has 0 atom stereocenters. The van der Waals surface area contributed by atoms with Gasteiger partial charge in [0.2, 0.25) is 0 Å². The monoisotopic (exact) mass is 90.1 g/mol. The molecule has 0 spiro atoms. The van der Waals surface area contributed by atoms with Crippen molar-refractivity contribution in [3.8, 4) is 0 Å². The van der Waals surface area contributed by atoms with Gasteiger partial charge in [0.25, 0.3) is 0 Å². The molecule has 0 aliphatic carbocycles. The summed E-state index contributed by atoms with van der Waals surface area (Å²) in [6, 6.07) is 0. The van der Waals surface area contributed by atoms with E-state index in [0.29, 0.717) is 0 Å². The van der Waals surface area contributed by atoms with Crippen molar-refractivity contribution in [1.82, 2.24) is 0 Å². The first-order valence-electron chi connectivity index (χ1n) is 2.05. The Morgan fingerprint density at radius 3 is 1.43 bits per heavy atom. The normalized spacial score (nSPS) is 6.00. The van der Waals surface area contributed by atoms with Crippen LogP contribution < -0.4 is 18.9 Å². The molecule has 0 fully saturated rings.